The van der Waals surface area contributed by atoms with Gasteiger partial charge in [0.15, 0.2) is 0 Å². The van der Waals surface area contributed by atoms with Crippen molar-refractivity contribution in [3.05, 3.63) is 276 Å². The molecule has 2 aromatic heterocycles. The number of anilines is 5. The Hall–Kier alpha value is -8.15. The minimum atomic E-state index is -0.833. The van der Waals surface area contributed by atoms with Crippen LogP contribution in [-0.4, -0.2) is 32.1 Å². The molecule has 2 heterocycles. The molecular weight excluding hydrogens is 1460 g/mol. The van der Waals surface area contributed by atoms with Gasteiger partial charge in [0.2, 0.25) is 0 Å². The van der Waals surface area contributed by atoms with Gasteiger partial charge < -0.3 is 36.5 Å². The zero-order chi connectivity index (χ0) is 66.3. The predicted molar refractivity (Wildman–Crippen MR) is 398 cm³/mol. The van der Waals surface area contributed by atoms with E-state index in [4.69, 9.17) is 60.3 Å². The van der Waals surface area contributed by atoms with Crippen LogP contribution in [0.1, 0.15) is 88.8 Å². The number of aromatic nitrogens is 2. The van der Waals surface area contributed by atoms with Gasteiger partial charge in [-0.3, -0.25) is 9.59 Å². The molecule has 0 radical (unpaired) electrons. The number of nitrogens with two attached hydrogens (primary N) is 1. The number of carbonyl (C=O) groups is 2. The summed E-state index contributed by atoms with van der Waals surface area (Å²) >= 11 is 25.4. The summed E-state index contributed by atoms with van der Waals surface area (Å²) in [5, 5.41) is 29.0. The first-order valence-corrected chi connectivity index (χ1v) is 33.0. The van der Waals surface area contributed by atoms with Crippen LogP contribution in [0.15, 0.2) is 227 Å². The maximum absolute atomic E-state index is 9.00. The summed E-state index contributed by atoms with van der Waals surface area (Å²) in [5.74, 6) is -1.67. The van der Waals surface area contributed by atoms with Gasteiger partial charge in [-0.2, -0.15) is 0 Å². The average molecular weight is 1520 g/mol. The van der Waals surface area contributed by atoms with Crippen LogP contribution in [-0.2, 0) is 46.3 Å². The Morgan fingerprint density at radius 3 is 1.04 bits per heavy atom. The molecule has 0 fully saturated rings. The van der Waals surface area contributed by atoms with Gasteiger partial charge in [0.25, 0.3) is 11.9 Å². The number of aliphatic carboxylic acids is 2. The van der Waals surface area contributed by atoms with Crippen LogP contribution in [0.4, 0.5) is 28.4 Å². The van der Waals surface area contributed by atoms with Gasteiger partial charge in [0.1, 0.15) is 0 Å². The number of rotatable bonds is 4. The Labute approximate surface area is 593 Å². The first-order valence-electron chi connectivity index (χ1n) is 30.2. The number of carboxylic acids is 2. The molecule has 0 aliphatic heterocycles. The van der Waals surface area contributed by atoms with Crippen molar-refractivity contribution in [3.8, 4) is 33.4 Å². The largest absolute Gasteiger partial charge is 0.481 e. The Kier molecular flexibility index (Phi) is 20.5. The normalized spacial score (nSPS) is 13.1. The monoisotopic (exact) mass is 1520 g/mol. The summed E-state index contributed by atoms with van der Waals surface area (Å²) in [6.45, 7) is 16.0. The Balaban J connectivity index is 0.000000140. The van der Waals surface area contributed by atoms with E-state index < -0.39 is 11.9 Å². The first-order chi connectivity index (χ1) is 44.3. The summed E-state index contributed by atoms with van der Waals surface area (Å²) in [4.78, 5) is 25.2. The molecule has 0 amide bonds. The van der Waals surface area contributed by atoms with E-state index >= 15 is 0 Å². The van der Waals surface area contributed by atoms with E-state index in [0.29, 0.717) is 20.8 Å². The minimum Gasteiger partial charge on any atom is -0.481 e. The first kappa shape index (κ1) is 68.7. The molecule has 3 aliphatic carbocycles. The molecule has 0 atom stereocenters. The van der Waals surface area contributed by atoms with Crippen molar-refractivity contribution >= 4 is 151 Å². The fraction of sp³-hybridized carbons (Fsp3) is 0.139. The summed E-state index contributed by atoms with van der Waals surface area (Å²) in [5.41, 5.74) is 30.9. The van der Waals surface area contributed by atoms with Gasteiger partial charge in [0.05, 0.1) is 32.1 Å². The van der Waals surface area contributed by atoms with Crippen molar-refractivity contribution in [1.29, 1.82) is 0 Å². The predicted octanol–water partition coefficient (Wildman–Crippen LogP) is 23.7. The second-order valence-electron chi connectivity index (χ2n) is 24.8. The quantitative estimate of drug-likeness (QED) is 0.0683. The van der Waals surface area contributed by atoms with Crippen LogP contribution >= 0.6 is 66.7 Å². The van der Waals surface area contributed by atoms with Crippen molar-refractivity contribution in [3.63, 3.8) is 0 Å². The number of hydrogen-bond donors (Lipinski definition) is 7. The third kappa shape index (κ3) is 14.0. The van der Waals surface area contributed by atoms with Crippen molar-refractivity contribution < 1.29 is 40.2 Å². The number of carboxylic acid groups (broad SMARTS) is 2. The van der Waals surface area contributed by atoms with Crippen molar-refractivity contribution in [2.24, 2.45) is 0 Å². The number of hydrogen-bond acceptors (Lipinski definition) is 5. The van der Waals surface area contributed by atoms with Crippen LogP contribution < -0.4 is 16.4 Å². The maximum atomic E-state index is 9.00. The van der Waals surface area contributed by atoms with E-state index in [-0.39, 0.29) is 36.7 Å². The smallest absolute Gasteiger partial charge is 0.300 e. The molecule has 13 aromatic rings. The van der Waals surface area contributed by atoms with E-state index in [0.717, 1.165) is 45.5 Å². The van der Waals surface area contributed by atoms with Crippen LogP contribution in [0.5, 0.6) is 0 Å². The molecule has 0 unspecified atom stereocenters. The molecule has 15 heteroatoms. The van der Waals surface area contributed by atoms with Crippen LogP contribution in [0.25, 0.3) is 77.0 Å². The second kappa shape index (κ2) is 28.0. The summed E-state index contributed by atoms with van der Waals surface area (Å²) in [7, 11) is 0. The summed E-state index contributed by atoms with van der Waals surface area (Å²) < 4.78 is 2.30. The summed E-state index contributed by atoms with van der Waals surface area (Å²) in [6, 6.07) is 75.8. The zero-order valence-electron chi connectivity index (χ0n) is 52.8. The zero-order valence-corrected chi connectivity index (χ0v) is 59.8. The number of nitrogens with one attached hydrogen (secondary N) is 4. The molecule has 0 spiro atoms. The van der Waals surface area contributed by atoms with E-state index in [9.17, 15) is 0 Å². The van der Waals surface area contributed by atoms with Crippen LogP contribution in [0.2, 0.25) is 15.1 Å². The Bertz CT molecular complexity index is 4740. The van der Waals surface area contributed by atoms with Gasteiger partial charge >= 0.3 is 0 Å². The van der Waals surface area contributed by atoms with E-state index in [1.54, 1.807) is 12.1 Å². The average Bonchev–Trinajstić information content (AvgIpc) is 1.57. The molecule has 94 heavy (non-hydrogen) atoms. The molecule has 0 saturated heterocycles. The molecule has 3 aliphatic rings. The fourth-order valence-corrected chi connectivity index (χ4v) is 14.1. The standard InChI is InChI=1S/C27H22Cl2N2.C27H20N2.C15H12Br2.C6H6ClN.2C2H4O2.Pd/c1-27(2)21-15-17(30-25-9-5-3-7-23(25)28)11-13-19(21)20-14-12-18(16-22(20)27)31-26-10-6-4-8-24(26)29;1-27(2)21-13-25-19(15-7-3-5-9-23(15)28-25)11-17(21)18-12-20-16-8-4-6-10-24(16)29-26(20)14-22(18)27;1-15(2)13-7-9(16)3-5-11(13)12-6-4-10(17)8-14(12)15;7-5-3-1-2-4-6(5)8;2*1-2(3)4;/h3-16,30-31H,1-2H3;3-14,28-29H,1-2H3;3-8H,1-2H3;1-4H,8H2;2*1H3,(H,3,4);. The number of para-hydroxylation sites is 5. The number of fused-ring (bicyclic) bond motifs is 15. The number of halogens is 5. The molecule has 478 valence electrons. The number of benzene rings is 11. The van der Waals surface area contributed by atoms with Crippen LogP contribution in [0, 0.1) is 0 Å². The SMILES string of the molecule is CC(=O)O.CC(=O)O.CC1(C)c2cc(Br)ccc2-c2ccc(Br)cc21.CC1(C)c2cc(Nc3ccccc3Cl)ccc2-c2ccc(Nc3ccccc3Cl)cc21.CC1(C)c2cc3[nH]c4ccccc4c3cc2-c2cc3c(cc21)[nH]c1ccccc13.Nc1ccccc1Cl.[Pd]. The minimum absolute atomic E-state index is 0. The number of nitrogen functional groups attached to an aromatic ring is 1. The Morgan fingerprint density at radius 2 is 0.691 bits per heavy atom. The maximum Gasteiger partial charge on any atom is 0.300 e. The van der Waals surface area contributed by atoms with Crippen molar-refractivity contribution in [1.82, 2.24) is 9.97 Å². The third-order valence-corrected chi connectivity index (χ3v) is 19.4. The molecule has 16 rings (SSSR count). The molecular formula is C79H68Br2Cl3N5O4Pd. The van der Waals surface area contributed by atoms with Gasteiger partial charge in [-0.15, -0.1) is 0 Å². The van der Waals surface area contributed by atoms with Gasteiger partial charge in [0, 0.05) is 114 Å². The topological polar surface area (TPSA) is 156 Å². The van der Waals surface area contributed by atoms with Gasteiger partial charge in [-0.1, -0.05) is 205 Å². The number of H-pyrrole nitrogens is 2. The molecule has 8 N–H and O–H groups in total. The van der Waals surface area contributed by atoms with E-state index in [1.807, 2.05) is 60.7 Å². The van der Waals surface area contributed by atoms with E-state index in [2.05, 4.69) is 240 Å². The molecule has 0 bridgehead atoms. The van der Waals surface area contributed by atoms with Crippen molar-refractivity contribution in [2.75, 3.05) is 16.4 Å². The molecule has 11 aromatic carbocycles. The number of aromatic amines is 2. The molecule has 9 nitrogen and oxygen atoms in total. The fourth-order valence-electron chi connectivity index (χ4n) is 12.9. The second-order valence-corrected chi connectivity index (χ2v) is 27.8. The van der Waals surface area contributed by atoms with Gasteiger partial charge in [-0.25, -0.2) is 0 Å². The summed E-state index contributed by atoms with van der Waals surface area (Å²) in [6.07, 6.45) is 0. The third-order valence-electron chi connectivity index (χ3n) is 17.4. The van der Waals surface area contributed by atoms with Crippen LogP contribution in [0.3, 0.4) is 0 Å². The van der Waals surface area contributed by atoms with Gasteiger partial charge in [-0.05, 0) is 188 Å². The Morgan fingerprint density at radius 1 is 0.383 bits per heavy atom. The van der Waals surface area contributed by atoms with E-state index in [1.165, 1.54) is 110 Å². The van der Waals surface area contributed by atoms with Crippen molar-refractivity contribution in [2.45, 2.75) is 71.6 Å². The molecule has 0 saturated carbocycles.